The maximum Gasteiger partial charge on any atom is 0.342 e. The lowest BCUT2D eigenvalue weighted by atomic mass is 10.0. The van der Waals surface area contributed by atoms with Crippen molar-refractivity contribution < 1.29 is 64.9 Å². The van der Waals surface area contributed by atoms with Gasteiger partial charge in [0.2, 0.25) is 11.6 Å². The molecule has 0 unspecified atom stereocenters. The zero-order chi connectivity index (χ0) is 35.6. The van der Waals surface area contributed by atoms with Gasteiger partial charge in [-0.2, -0.15) is 16.8 Å². The molecular weight excluding hydrogens is 680 g/mol. The first-order valence-electron chi connectivity index (χ1n) is 12.8. The molecule has 0 atom stereocenters. The lowest BCUT2D eigenvalue weighted by molar-refractivity contribution is -0.136. The third-order valence-electron chi connectivity index (χ3n) is 6.37. The fourth-order valence-electron chi connectivity index (χ4n) is 4.20. The van der Waals surface area contributed by atoms with Crippen LogP contribution in [0.1, 0.15) is 11.1 Å². The SMILES string of the molecule is O=C(O)C1=C(NNc2ccc(/C=C/c3ccc(NNC4=C(C(=O)O)C(=O)C=CC4=O)cc3S(=O)(=O)O)c(S(=O)(=O)O)c2)C(=O)C=CC1=O. The molecule has 8 N–H and O–H groups in total. The van der Waals surface area contributed by atoms with Crippen LogP contribution in [0.3, 0.4) is 0 Å². The zero-order valence-electron chi connectivity index (χ0n) is 23.6. The molecule has 2 aromatic carbocycles. The van der Waals surface area contributed by atoms with Gasteiger partial charge in [0.1, 0.15) is 32.3 Å². The number of ketones is 4. The number of carbonyl (C=O) groups is 6. The van der Waals surface area contributed by atoms with E-state index in [1.807, 2.05) is 0 Å². The maximum atomic E-state index is 12.2. The van der Waals surface area contributed by atoms with Crippen molar-refractivity contribution in [1.82, 2.24) is 10.9 Å². The average molecular weight is 701 g/mol. The largest absolute Gasteiger partial charge is 0.477 e. The van der Waals surface area contributed by atoms with Crippen LogP contribution in [-0.4, -0.2) is 71.2 Å². The summed E-state index contributed by atoms with van der Waals surface area (Å²) < 4.78 is 68.4. The van der Waals surface area contributed by atoms with Gasteiger partial charge in [0.15, 0.2) is 11.6 Å². The molecule has 2 aromatic rings. The second kappa shape index (κ2) is 13.3. The van der Waals surface area contributed by atoms with Crippen LogP contribution in [0.4, 0.5) is 11.4 Å². The Labute approximate surface area is 269 Å². The Morgan fingerprint density at radius 3 is 1.19 bits per heavy atom. The number of rotatable bonds is 12. The molecule has 4 rings (SSSR count). The molecule has 0 saturated carbocycles. The number of carboxylic acid groups (broad SMARTS) is 2. The second-order valence-corrected chi connectivity index (χ2v) is 12.3. The molecule has 18 nitrogen and oxygen atoms in total. The van der Waals surface area contributed by atoms with E-state index in [1.165, 1.54) is 12.1 Å². The van der Waals surface area contributed by atoms with E-state index in [-0.39, 0.29) is 22.5 Å². The molecule has 2 aliphatic rings. The highest BCUT2D eigenvalue weighted by Gasteiger charge is 2.29. The van der Waals surface area contributed by atoms with Gasteiger partial charge >= 0.3 is 11.9 Å². The van der Waals surface area contributed by atoms with Gasteiger partial charge < -0.3 is 21.1 Å². The van der Waals surface area contributed by atoms with E-state index in [2.05, 4.69) is 21.7 Å². The number of hydrazine groups is 2. The normalized spacial score (nSPS) is 15.3. The molecule has 0 bridgehead atoms. The average Bonchev–Trinajstić information content (AvgIpc) is 2.99. The summed E-state index contributed by atoms with van der Waals surface area (Å²) in [7, 11) is -9.95. The molecule has 0 radical (unpaired) electrons. The molecule has 48 heavy (non-hydrogen) atoms. The fraction of sp³-hybridized carbons (Fsp3) is 0. The van der Waals surface area contributed by atoms with E-state index in [1.54, 1.807) is 0 Å². The van der Waals surface area contributed by atoms with Crippen LogP contribution in [0.2, 0.25) is 0 Å². The van der Waals surface area contributed by atoms with Crippen molar-refractivity contribution in [3.05, 3.63) is 94.4 Å². The van der Waals surface area contributed by atoms with Crippen LogP contribution in [0.5, 0.6) is 0 Å². The number of hydrogen-bond acceptors (Lipinski definition) is 14. The standard InChI is InChI=1S/C28H20N4O14S2/c33-17-7-9-19(35)25(23(17)27(37)38)31-29-15-5-3-13(21(11-15)47(41,42)43)1-2-14-4-6-16(12-22(14)48(44,45)46)30-32-26-20(36)10-8-18(34)24(26)28(39)40/h1-12,29-32H,(H,37,38)(H,39,40)(H,41,42,43)(H,44,45,46)/b2-1+. The third kappa shape index (κ3) is 7.59. The summed E-state index contributed by atoms with van der Waals surface area (Å²) in [6.07, 6.45) is 5.27. The van der Waals surface area contributed by atoms with Gasteiger partial charge in [-0.25, -0.2) is 9.59 Å². The highest BCUT2D eigenvalue weighted by Crippen LogP contribution is 2.26. The van der Waals surface area contributed by atoms with Crippen LogP contribution in [0, 0.1) is 0 Å². The summed E-state index contributed by atoms with van der Waals surface area (Å²) in [4.78, 5) is 69.5. The number of hydrogen-bond donors (Lipinski definition) is 8. The third-order valence-corrected chi connectivity index (χ3v) is 8.19. The number of allylic oxidation sites excluding steroid dienone is 4. The molecule has 0 aliphatic heterocycles. The quantitative estimate of drug-likeness (QED) is 0.0484. The number of benzene rings is 2. The summed E-state index contributed by atoms with van der Waals surface area (Å²) in [5, 5.41) is 18.6. The van der Waals surface area contributed by atoms with Crippen molar-refractivity contribution in [2.24, 2.45) is 0 Å². The first-order valence-corrected chi connectivity index (χ1v) is 15.7. The Hall–Kier alpha value is -6.22. The van der Waals surface area contributed by atoms with E-state index in [0.717, 1.165) is 60.7 Å². The number of carboxylic acids is 2. The van der Waals surface area contributed by atoms with Crippen molar-refractivity contribution >= 4 is 78.8 Å². The molecule has 0 aromatic heterocycles. The van der Waals surface area contributed by atoms with Crippen LogP contribution in [0.15, 0.2) is 93.0 Å². The van der Waals surface area contributed by atoms with E-state index in [0.29, 0.717) is 0 Å². The van der Waals surface area contributed by atoms with Crippen molar-refractivity contribution in [3.8, 4) is 0 Å². The topological polar surface area (TPSA) is 300 Å². The van der Waals surface area contributed by atoms with Crippen LogP contribution in [0.25, 0.3) is 12.2 Å². The molecule has 0 fully saturated rings. The highest BCUT2D eigenvalue weighted by molar-refractivity contribution is 7.86. The van der Waals surface area contributed by atoms with Crippen LogP contribution >= 0.6 is 0 Å². The zero-order valence-corrected chi connectivity index (χ0v) is 25.2. The number of nitrogens with one attached hydrogen (secondary N) is 4. The van der Waals surface area contributed by atoms with Gasteiger partial charge in [-0.15, -0.1) is 0 Å². The summed E-state index contributed by atoms with van der Waals surface area (Å²) in [6.45, 7) is 0. The number of carbonyl (C=O) groups excluding carboxylic acids is 4. The van der Waals surface area contributed by atoms with E-state index in [4.69, 9.17) is 0 Å². The molecule has 0 saturated heterocycles. The van der Waals surface area contributed by atoms with Gasteiger partial charge in [0, 0.05) is 0 Å². The van der Waals surface area contributed by atoms with Crippen molar-refractivity contribution in [2.45, 2.75) is 9.79 Å². The Bertz CT molecular complexity index is 2060. The van der Waals surface area contributed by atoms with Crippen LogP contribution in [-0.2, 0) is 49.0 Å². The molecule has 2 aliphatic carbocycles. The monoisotopic (exact) mass is 700 g/mol. The predicted octanol–water partition coefficient (Wildman–Crippen LogP) is 0.277. The van der Waals surface area contributed by atoms with Crippen molar-refractivity contribution in [2.75, 3.05) is 10.9 Å². The minimum absolute atomic E-state index is 0.136. The van der Waals surface area contributed by atoms with Crippen LogP contribution < -0.4 is 21.7 Å². The Balaban J connectivity index is 1.63. The maximum absolute atomic E-state index is 12.2. The van der Waals surface area contributed by atoms with Crippen molar-refractivity contribution in [3.63, 3.8) is 0 Å². The summed E-state index contributed by atoms with van der Waals surface area (Å²) in [6, 6.07) is 6.40. The summed E-state index contributed by atoms with van der Waals surface area (Å²) >= 11 is 0. The molecule has 0 heterocycles. The van der Waals surface area contributed by atoms with Gasteiger partial charge in [0.25, 0.3) is 20.2 Å². The van der Waals surface area contributed by atoms with E-state index in [9.17, 15) is 64.9 Å². The van der Waals surface area contributed by atoms with Gasteiger partial charge in [0.05, 0.1) is 11.4 Å². The summed E-state index contributed by atoms with van der Waals surface area (Å²) in [5.74, 6) is -7.12. The van der Waals surface area contributed by atoms with E-state index >= 15 is 0 Å². The Kier molecular flexibility index (Phi) is 9.57. The fourth-order valence-corrected chi connectivity index (χ4v) is 5.62. The lowest BCUT2D eigenvalue weighted by Crippen LogP contribution is -2.33. The van der Waals surface area contributed by atoms with Gasteiger partial charge in [-0.1, -0.05) is 24.3 Å². The van der Waals surface area contributed by atoms with Crippen molar-refractivity contribution in [1.29, 1.82) is 0 Å². The predicted molar refractivity (Wildman–Crippen MR) is 163 cm³/mol. The Morgan fingerprint density at radius 2 is 0.875 bits per heavy atom. The number of anilines is 2. The molecule has 20 heteroatoms. The first-order chi connectivity index (χ1) is 22.4. The van der Waals surface area contributed by atoms with E-state index < -0.39 is 87.6 Å². The first kappa shape index (κ1) is 34.6. The molecule has 248 valence electrons. The Morgan fingerprint density at radius 1 is 0.542 bits per heavy atom. The van der Waals surface area contributed by atoms with Gasteiger partial charge in [-0.3, -0.25) is 39.1 Å². The minimum Gasteiger partial charge on any atom is -0.477 e. The smallest absolute Gasteiger partial charge is 0.342 e. The number of aliphatic carboxylic acids is 2. The summed E-state index contributed by atoms with van der Waals surface area (Å²) in [5.41, 5.74) is 5.45. The molecular formula is C28H20N4O14S2. The lowest BCUT2D eigenvalue weighted by Gasteiger charge is -2.16. The highest BCUT2D eigenvalue weighted by atomic mass is 32.2. The molecule has 0 amide bonds. The minimum atomic E-state index is -4.98. The second-order valence-electron chi connectivity index (χ2n) is 9.52. The molecule has 0 spiro atoms. The van der Waals surface area contributed by atoms with Gasteiger partial charge in [-0.05, 0) is 59.7 Å².